The van der Waals surface area contributed by atoms with Crippen LogP contribution in [0.3, 0.4) is 0 Å². The molecule has 8 heteroatoms. The predicted molar refractivity (Wildman–Crippen MR) is 81.6 cm³/mol. The van der Waals surface area contributed by atoms with Crippen molar-refractivity contribution in [3.63, 3.8) is 0 Å². The second-order valence-corrected chi connectivity index (χ2v) is 6.89. The summed E-state index contributed by atoms with van der Waals surface area (Å²) in [4.78, 5) is 3.89. The van der Waals surface area contributed by atoms with Crippen LogP contribution in [0.2, 0.25) is 5.15 Å². The maximum Gasteiger partial charge on any atom is 0.301 e. The summed E-state index contributed by atoms with van der Waals surface area (Å²) in [6, 6.07) is 1.59. The molecule has 1 rings (SSSR count). The Balaban J connectivity index is 2.90. The summed E-state index contributed by atoms with van der Waals surface area (Å²) in [7, 11) is -3.55. The smallest absolute Gasteiger partial charge is 0.269 e. The Kier molecular flexibility index (Phi) is 6.52. The number of anilines is 1. The Morgan fingerprint density at radius 3 is 2.42 bits per heavy atom. The average molecular weight is 371 g/mol. The number of hydrogen-bond acceptors (Lipinski definition) is 3. The van der Waals surface area contributed by atoms with E-state index in [2.05, 4.69) is 25.6 Å². The van der Waals surface area contributed by atoms with Crippen molar-refractivity contribution < 1.29 is 8.42 Å². The van der Waals surface area contributed by atoms with Crippen molar-refractivity contribution in [3.8, 4) is 0 Å². The fraction of sp³-hybridized carbons (Fsp3) is 0.545. The van der Waals surface area contributed by atoms with Crippen LogP contribution in [-0.2, 0) is 10.2 Å². The van der Waals surface area contributed by atoms with E-state index in [1.165, 1.54) is 10.5 Å². The van der Waals surface area contributed by atoms with E-state index in [0.717, 1.165) is 12.8 Å². The third-order valence-electron chi connectivity index (χ3n) is 2.33. The molecule has 0 atom stereocenters. The molecule has 1 aromatic rings. The first kappa shape index (κ1) is 16.7. The first-order chi connectivity index (χ1) is 8.90. The van der Waals surface area contributed by atoms with Crippen molar-refractivity contribution >= 4 is 43.4 Å². The number of nitrogens with one attached hydrogen (secondary N) is 1. The second-order valence-electron chi connectivity index (χ2n) is 4.00. The van der Waals surface area contributed by atoms with E-state index in [4.69, 9.17) is 11.6 Å². The molecule has 0 fully saturated rings. The number of hydrogen-bond donors (Lipinski definition) is 1. The van der Waals surface area contributed by atoms with Gasteiger partial charge in [-0.1, -0.05) is 25.4 Å². The van der Waals surface area contributed by atoms with Crippen LogP contribution >= 0.6 is 27.5 Å². The van der Waals surface area contributed by atoms with Crippen LogP contribution in [0.15, 0.2) is 16.7 Å². The zero-order chi connectivity index (χ0) is 14.5. The fourth-order valence-electron chi connectivity index (χ4n) is 1.54. The van der Waals surface area contributed by atoms with Gasteiger partial charge in [0, 0.05) is 13.1 Å². The lowest BCUT2D eigenvalue weighted by atomic mass is 10.4. The largest absolute Gasteiger partial charge is 0.301 e. The summed E-state index contributed by atoms with van der Waals surface area (Å²) in [6.45, 7) is 4.87. The first-order valence-electron chi connectivity index (χ1n) is 5.99. The average Bonchev–Trinajstić information content (AvgIpc) is 2.33. The molecule has 1 aromatic heterocycles. The zero-order valence-corrected chi connectivity index (χ0v) is 14.0. The van der Waals surface area contributed by atoms with E-state index in [-0.39, 0.29) is 0 Å². The molecule has 0 aliphatic carbocycles. The van der Waals surface area contributed by atoms with Crippen LogP contribution in [-0.4, -0.2) is 30.8 Å². The standard InChI is InChI=1S/C11H17BrClN3O2S/c1-3-5-16(6-4-2)19(17,18)15-9-7-10(12)11(13)14-8-9/h7-8,15H,3-6H2,1-2H3. The Labute approximate surface area is 127 Å². The second kappa shape index (κ2) is 7.42. The number of nitrogens with zero attached hydrogens (tertiary/aromatic N) is 2. The van der Waals surface area contributed by atoms with E-state index >= 15 is 0 Å². The maximum atomic E-state index is 12.2. The molecular weight excluding hydrogens is 354 g/mol. The molecule has 19 heavy (non-hydrogen) atoms. The Morgan fingerprint density at radius 2 is 1.95 bits per heavy atom. The van der Waals surface area contributed by atoms with Crippen LogP contribution in [0.1, 0.15) is 26.7 Å². The minimum atomic E-state index is -3.55. The van der Waals surface area contributed by atoms with Crippen molar-refractivity contribution in [1.29, 1.82) is 0 Å². The molecule has 0 aromatic carbocycles. The van der Waals surface area contributed by atoms with E-state index in [1.54, 1.807) is 6.07 Å². The Bertz CT molecular complexity index is 519. The van der Waals surface area contributed by atoms with Crippen LogP contribution < -0.4 is 4.72 Å². The van der Waals surface area contributed by atoms with Crippen LogP contribution in [0.5, 0.6) is 0 Å². The van der Waals surface area contributed by atoms with Crippen molar-refractivity contribution in [1.82, 2.24) is 9.29 Å². The van der Waals surface area contributed by atoms with Gasteiger partial charge in [0.2, 0.25) is 0 Å². The first-order valence-corrected chi connectivity index (χ1v) is 8.60. The van der Waals surface area contributed by atoms with E-state index in [0.29, 0.717) is 28.4 Å². The number of pyridine rings is 1. The summed E-state index contributed by atoms with van der Waals surface area (Å²) >= 11 is 8.98. The molecule has 0 amide bonds. The quantitative estimate of drug-likeness (QED) is 0.749. The van der Waals surface area contributed by atoms with Gasteiger partial charge in [0.25, 0.3) is 0 Å². The van der Waals surface area contributed by atoms with Gasteiger partial charge >= 0.3 is 10.2 Å². The molecule has 0 aliphatic heterocycles. The van der Waals surface area contributed by atoms with Gasteiger partial charge in [-0.15, -0.1) is 0 Å². The minimum absolute atomic E-state index is 0.293. The van der Waals surface area contributed by atoms with Crippen molar-refractivity contribution in [2.24, 2.45) is 0 Å². The highest BCUT2D eigenvalue weighted by Gasteiger charge is 2.20. The van der Waals surface area contributed by atoms with Gasteiger partial charge < -0.3 is 0 Å². The monoisotopic (exact) mass is 369 g/mol. The topological polar surface area (TPSA) is 62.3 Å². The lowest BCUT2D eigenvalue weighted by molar-refractivity contribution is 0.413. The van der Waals surface area contributed by atoms with Gasteiger partial charge in [-0.3, -0.25) is 4.72 Å². The molecule has 1 N–H and O–H groups in total. The summed E-state index contributed by atoms with van der Waals surface area (Å²) in [5.74, 6) is 0. The highest BCUT2D eigenvalue weighted by atomic mass is 79.9. The number of halogens is 2. The lowest BCUT2D eigenvalue weighted by Gasteiger charge is -2.21. The summed E-state index contributed by atoms with van der Waals surface area (Å²) in [6.07, 6.45) is 2.92. The molecule has 0 bridgehead atoms. The van der Waals surface area contributed by atoms with Crippen molar-refractivity contribution in [2.45, 2.75) is 26.7 Å². The van der Waals surface area contributed by atoms with E-state index < -0.39 is 10.2 Å². The molecule has 0 saturated heterocycles. The van der Waals surface area contributed by atoms with Gasteiger partial charge in [0.1, 0.15) is 5.15 Å². The summed E-state index contributed by atoms with van der Waals surface area (Å²) in [5, 5.41) is 0.293. The van der Waals surface area contributed by atoms with Crippen molar-refractivity contribution in [3.05, 3.63) is 21.9 Å². The van der Waals surface area contributed by atoms with Crippen molar-refractivity contribution in [2.75, 3.05) is 17.8 Å². The number of rotatable bonds is 7. The SMILES string of the molecule is CCCN(CCC)S(=O)(=O)Nc1cnc(Cl)c(Br)c1. The maximum absolute atomic E-state index is 12.2. The Hall–Kier alpha value is -0.370. The minimum Gasteiger partial charge on any atom is -0.269 e. The third kappa shape index (κ3) is 4.91. The van der Waals surface area contributed by atoms with Gasteiger partial charge in [0.15, 0.2) is 0 Å². The van der Waals surface area contributed by atoms with Crippen LogP contribution in [0.4, 0.5) is 5.69 Å². The molecular formula is C11H17BrClN3O2S. The molecule has 5 nitrogen and oxygen atoms in total. The van der Waals surface area contributed by atoms with Crippen LogP contribution in [0, 0.1) is 0 Å². The van der Waals surface area contributed by atoms with Gasteiger partial charge in [0.05, 0.1) is 16.4 Å². The summed E-state index contributed by atoms with van der Waals surface area (Å²) in [5.41, 5.74) is 0.383. The molecule has 108 valence electrons. The fourth-order valence-corrected chi connectivity index (χ4v) is 3.38. The molecule has 0 aliphatic rings. The van der Waals surface area contributed by atoms with Gasteiger partial charge in [-0.2, -0.15) is 12.7 Å². The zero-order valence-electron chi connectivity index (χ0n) is 10.9. The normalized spacial score (nSPS) is 11.8. The van der Waals surface area contributed by atoms with E-state index in [1.807, 2.05) is 13.8 Å². The molecule has 0 saturated carbocycles. The third-order valence-corrected chi connectivity index (χ3v) is 5.00. The lowest BCUT2D eigenvalue weighted by Crippen LogP contribution is -2.37. The summed E-state index contributed by atoms with van der Waals surface area (Å²) < 4.78 is 28.9. The van der Waals surface area contributed by atoms with Gasteiger partial charge in [-0.05, 0) is 34.8 Å². The molecule has 0 spiro atoms. The van der Waals surface area contributed by atoms with E-state index in [9.17, 15) is 8.42 Å². The predicted octanol–water partition coefficient (Wildman–Crippen LogP) is 3.28. The van der Waals surface area contributed by atoms with Crippen LogP contribution in [0.25, 0.3) is 0 Å². The molecule has 0 radical (unpaired) electrons. The Morgan fingerprint density at radius 1 is 1.37 bits per heavy atom. The highest BCUT2D eigenvalue weighted by Crippen LogP contribution is 2.23. The van der Waals surface area contributed by atoms with Gasteiger partial charge in [-0.25, -0.2) is 4.98 Å². The number of aromatic nitrogens is 1. The molecule has 0 unspecified atom stereocenters. The molecule has 1 heterocycles. The highest BCUT2D eigenvalue weighted by molar-refractivity contribution is 9.10.